The number of morpholine rings is 1. The van der Waals surface area contributed by atoms with Crippen molar-refractivity contribution in [1.82, 2.24) is 4.90 Å². The second-order valence-electron chi connectivity index (χ2n) is 7.90. The van der Waals surface area contributed by atoms with E-state index in [4.69, 9.17) is 9.47 Å². The Balaban J connectivity index is 1.43. The molecule has 0 radical (unpaired) electrons. The number of rotatable bonds is 4. The van der Waals surface area contributed by atoms with Crippen LogP contribution in [0.3, 0.4) is 0 Å². The van der Waals surface area contributed by atoms with Gasteiger partial charge in [0, 0.05) is 31.8 Å². The molecule has 4 nitrogen and oxygen atoms in total. The van der Waals surface area contributed by atoms with Crippen LogP contribution in [0.4, 0.5) is 0 Å². The molecule has 3 aliphatic heterocycles. The highest BCUT2D eigenvalue weighted by molar-refractivity contribution is 5.15. The monoisotopic (exact) mass is 331 g/mol. The van der Waals surface area contributed by atoms with Gasteiger partial charge in [-0.25, -0.2) is 0 Å². The first-order chi connectivity index (χ1) is 11.7. The van der Waals surface area contributed by atoms with Gasteiger partial charge in [-0.1, -0.05) is 30.3 Å². The second-order valence-corrected chi connectivity index (χ2v) is 7.90. The van der Waals surface area contributed by atoms with Crippen molar-refractivity contribution in [3.05, 3.63) is 35.9 Å². The third kappa shape index (κ3) is 3.67. The van der Waals surface area contributed by atoms with Gasteiger partial charge in [0.15, 0.2) is 0 Å². The Morgan fingerprint density at radius 2 is 1.67 bits per heavy atom. The van der Waals surface area contributed by atoms with Crippen molar-refractivity contribution in [2.45, 2.75) is 56.3 Å². The smallest absolute Gasteiger partial charge is 0.0682 e. The van der Waals surface area contributed by atoms with E-state index in [2.05, 4.69) is 35.2 Å². The number of hydrogen-bond donors (Lipinski definition) is 1. The van der Waals surface area contributed by atoms with Crippen LogP contribution < -0.4 is 0 Å². The summed E-state index contributed by atoms with van der Waals surface area (Å²) in [4.78, 5) is 2.57. The summed E-state index contributed by atoms with van der Waals surface area (Å²) < 4.78 is 11.3. The van der Waals surface area contributed by atoms with Crippen LogP contribution in [0, 0.1) is 5.92 Å². The fourth-order valence-electron chi connectivity index (χ4n) is 4.85. The van der Waals surface area contributed by atoms with Crippen LogP contribution in [0.5, 0.6) is 0 Å². The highest BCUT2D eigenvalue weighted by Gasteiger charge is 2.46. The average molecular weight is 331 g/mol. The highest BCUT2D eigenvalue weighted by Crippen LogP contribution is 2.40. The molecule has 4 rings (SSSR count). The van der Waals surface area contributed by atoms with E-state index in [1.807, 2.05) is 0 Å². The van der Waals surface area contributed by atoms with Gasteiger partial charge in [0.25, 0.3) is 0 Å². The van der Waals surface area contributed by atoms with E-state index in [0.717, 1.165) is 65.1 Å². The minimum Gasteiger partial charge on any atom is -0.390 e. The molecule has 1 aromatic carbocycles. The SMILES string of the molecule is OC1(CC2CCOCC2)CC2COCC(C1)N2Cc1ccccc1. The van der Waals surface area contributed by atoms with E-state index in [-0.39, 0.29) is 0 Å². The molecule has 1 N–H and O–H groups in total. The average Bonchev–Trinajstić information content (AvgIpc) is 2.58. The summed E-state index contributed by atoms with van der Waals surface area (Å²) in [5, 5.41) is 11.3. The molecule has 0 amide bonds. The number of ether oxygens (including phenoxy) is 2. The zero-order valence-electron chi connectivity index (χ0n) is 14.4. The van der Waals surface area contributed by atoms with Crippen LogP contribution in [0.25, 0.3) is 0 Å². The first-order valence-electron chi connectivity index (χ1n) is 9.39. The summed E-state index contributed by atoms with van der Waals surface area (Å²) in [6.45, 7) is 4.18. The van der Waals surface area contributed by atoms with E-state index in [1.165, 1.54) is 5.56 Å². The maximum Gasteiger partial charge on any atom is 0.0682 e. The van der Waals surface area contributed by atoms with Crippen LogP contribution >= 0.6 is 0 Å². The van der Waals surface area contributed by atoms with Crippen molar-refractivity contribution in [1.29, 1.82) is 0 Å². The molecular formula is C20H29NO3. The summed E-state index contributed by atoms with van der Waals surface area (Å²) in [6.07, 6.45) is 4.81. The summed E-state index contributed by atoms with van der Waals surface area (Å²) in [5.74, 6) is 0.617. The molecule has 3 fully saturated rings. The molecule has 0 spiro atoms. The van der Waals surface area contributed by atoms with E-state index in [0.29, 0.717) is 18.0 Å². The predicted molar refractivity (Wildman–Crippen MR) is 92.7 cm³/mol. The molecule has 4 heteroatoms. The van der Waals surface area contributed by atoms with Crippen LogP contribution in [0.15, 0.2) is 30.3 Å². The van der Waals surface area contributed by atoms with Gasteiger partial charge < -0.3 is 14.6 Å². The lowest BCUT2D eigenvalue weighted by Crippen LogP contribution is -2.61. The fourth-order valence-corrected chi connectivity index (χ4v) is 4.85. The topological polar surface area (TPSA) is 41.9 Å². The van der Waals surface area contributed by atoms with Crippen LogP contribution in [0.1, 0.15) is 37.7 Å². The minimum absolute atomic E-state index is 0.336. The van der Waals surface area contributed by atoms with Gasteiger partial charge in [-0.3, -0.25) is 4.90 Å². The Morgan fingerprint density at radius 3 is 2.33 bits per heavy atom. The van der Waals surface area contributed by atoms with E-state index in [1.54, 1.807) is 0 Å². The number of fused-ring (bicyclic) bond motifs is 2. The fraction of sp³-hybridized carbons (Fsp3) is 0.700. The Hall–Kier alpha value is -0.940. The number of hydrogen-bond acceptors (Lipinski definition) is 4. The number of benzene rings is 1. The molecule has 2 bridgehead atoms. The van der Waals surface area contributed by atoms with Gasteiger partial charge in [-0.15, -0.1) is 0 Å². The van der Waals surface area contributed by atoms with Crippen LogP contribution in [-0.4, -0.2) is 54.1 Å². The highest BCUT2D eigenvalue weighted by atomic mass is 16.5. The molecule has 0 saturated carbocycles. The normalized spacial score (nSPS) is 35.0. The molecule has 3 heterocycles. The molecular weight excluding hydrogens is 302 g/mol. The molecule has 1 aromatic rings. The van der Waals surface area contributed by atoms with Gasteiger partial charge in [-0.05, 0) is 43.6 Å². The Bertz CT molecular complexity index is 515. The molecule has 2 atom stereocenters. The zero-order valence-corrected chi connectivity index (χ0v) is 14.4. The first kappa shape index (κ1) is 16.5. The molecule has 0 aliphatic carbocycles. The van der Waals surface area contributed by atoms with Crippen molar-refractivity contribution in [3.63, 3.8) is 0 Å². The molecule has 2 unspecified atom stereocenters. The summed E-state index contributed by atoms with van der Waals surface area (Å²) in [6, 6.07) is 11.3. The molecule has 132 valence electrons. The van der Waals surface area contributed by atoms with Gasteiger partial charge in [0.1, 0.15) is 0 Å². The molecule has 3 aliphatic rings. The van der Waals surface area contributed by atoms with Crippen molar-refractivity contribution in [3.8, 4) is 0 Å². The largest absolute Gasteiger partial charge is 0.390 e. The Morgan fingerprint density at radius 1 is 1.00 bits per heavy atom. The van der Waals surface area contributed by atoms with Gasteiger partial charge in [0.05, 0.1) is 18.8 Å². The van der Waals surface area contributed by atoms with Crippen LogP contribution in [-0.2, 0) is 16.0 Å². The van der Waals surface area contributed by atoms with E-state index >= 15 is 0 Å². The maximum atomic E-state index is 11.3. The number of piperidine rings is 1. The quantitative estimate of drug-likeness (QED) is 0.921. The van der Waals surface area contributed by atoms with E-state index in [9.17, 15) is 5.11 Å². The molecule has 0 aromatic heterocycles. The van der Waals surface area contributed by atoms with Gasteiger partial charge in [-0.2, -0.15) is 0 Å². The predicted octanol–water partition coefficient (Wildman–Crippen LogP) is 2.60. The standard InChI is InChI=1S/C20H29NO3/c22-20(10-16-6-8-23-9-7-16)11-18-14-24-15-19(12-20)21(18)13-17-4-2-1-3-5-17/h1-5,16,18-19,22H,6-15H2. The summed E-state index contributed by atoms with van der Waals surface area (Å²) >= 11 is 0. The van der Waals surface area contributed by atoms with E-state index < -0.39 is 5.60 Å². The van der Waals surface area contributed by atoms with Crippen molar-refractivity contribution in [2.75, 3.05) is 26.4 Å². The third-order valence-electron chi connectivity index (χ3n) is 6.01. The van der Waals surface area contributed by atoms with Crippen molar-refractivity contribution >= 4 is 0 Å². The Kier molecular flexibility index (Phi) is 4.90. The number of nitrogens with zero attached hydrogens (tertiary/aromatic N) is 1. The summed E-state index contributed by atoms with van der Waals surface area (Å²) in [7, 11) is 0. The second kappa shape index (κ2) is 7.12. The lowest BCUT2D eigenvalue weighted by atomic mass is 9.74. The van der Waals surface area contributed by atoms with Crippen LogP contribution in [0.2, 0.25) is 0 Å². The lowest BCUT2D eigenvalue weighted by Gasteiger charge is -2.52. The molecule has 24 heavy (non-hydrogen) atoms. The van der Waals surface area contributed by atoms with Crippen molar-refractivity contribution < 1.29 is 14.6 Å². The summed E-state index contributed by atoms with van der Waals surface area (Å²) in [5.41, 5.74) is 0.832. The first-order valence-corrected chi connectivity index (χ1v) is 9.39. The Labute approximate surface area is 144 Å². The minimum atomic E-state index is -0.520. The zero-order chi connectivity index (χ0) is 16.4. The van der Waals surface area contributed by atoms with Gasteiger partial charge >= 0.3 is 0 Å². The maximum absolute atomic E-state index is 11.3. The van der Waals surface area contributed by atoms with Gasteiger partial charge in [0.2, 0.25) is 0 Å². The van der Waals surface area contributed by atoms with Crippen molar-refractivity contribution in [2.24, 2.45) is 5.92 Å². The number of aliphatic hydroxyl groups is 1. The lowest BCUT2D eigenvalue weighted by molar-refractivity contribution is -0.154. The molecule has 3 saturated heterocycles. The third-order valence-corrected chi connectivity index (χ3v) is 6.01.